The fourth-order valence-electron chi connectivity index (χ4n) is 4.53. The van der Waals surface area contributed by atoms with Crippen molar-refractivity contribution < 1.29 is 19.5 Å². The van der Waals surface area contributed by atoms with Crippen LogP contribution in [0, 0.1) is 5.92 Å². The molecule has 9 heteroatoms. The number of para-hydroxylation sites is 1. The monoisotopic (exact) mass is 400 g/mol. The van der Waals surface area contributed by atoms with Crippen LogP contribution in [0.5, 0.6) is 0 Å². The van der Waals surface area contributed by atoms with Crippen LogP contribution >= 0.6 is 0 Å². The number of benzene rings is 1. The smallest absolute Gasteiger partial charge is 0.329 e. The number of anilines is 1. The van der Waals surface area contributed by atoms with Crippen LogP contribution in [0.1, 0.15) is 38.1 Å². The molecule has 0 spiro atoms. The number of hydrogen-bond acceptors (Lipinski definition) is 5. The maximum Gasteiger partial charge on any atom is 0.329 e. The zero-order valence-electron chi connectivity index (χ0n) is 16.3. The zero-order valence-corrected chi connectivity index (χ0v) is 16.3. The van der Waals surface area contributed by atoms with E-state index in [9.17, 15) is 19.2 Å². The van der Waals surface area contributed by atoms with Crippen molar-refractivity contribution >= 4 is 34.5 Å². The summed E-state index contributed by atoms with van der Waals surface area (Å²) in [6.07, 6.45) is 2.25. The Morgan fingerprint density at radius 1 is 1.17 bits per heavy atom. The Labute approximate surface area is 166 Å². The number of fused-ring (bicyclic) bond motifs is 1. The van der Waals surface area contributed by atoms with Crippen molar-refractivity contribution in [2.75, 3.05) is 18.0 Å². The SMILES string of the molecule is Cn1c(=O)n(C2CCC(=O)NC2=O)c2cccc(N3CCC(CC(=O)O)CC3)c21. The molecule has 0 aliphatic carbocycles. The summed E-state index contributed by atoms with van der Waals surface area (Å²) in [5.41, 5.74) is 2.03. The van der Waals surface area contributed by atoms with E-state index in [4.69, 9.17) is 5.11 Å². The normalized spacial score (nSPS) is 20.9. The number of rotatable bonds is 4. The van der Waals surface area contributed by atoms with E-state index in [1.54, 1.807) is 11.6 Å². The summed E-state index contributed by atoms with van der Waals surface area (Å²) in [6, 6.07) is 4.93. The molecule has 2 amide bonds. The minimum Gasteiger partial charge on any atom is -0.481 e. The van der Waals surface area contributed by atoms with Gasteiger partial charge in [-0.2, -0.15) is 0 Å². The van der Waals surface area contributed by atoms with Crippen LogP contribution in [-0.2, 0) is 21.4 Å². The number of carboxylic acid groups (broad SMARTS) is 1. The van der Waals surface area contributed by atoms with E-state index in [1.807, 2.05) is 18.2 Å². The molecule has 4 rings (SSSR count). The molecule has 154 valence electrons. The molecule has 2 aromatic rings. The largest absolute Gasteiger partial charge is 0.481 e. The molecule has 2 aliphatic heterocycles. The van der Waals surface area contributed by atoms with Gasteiger partial charge in [-0.25, -0.2) is 4.79 Å². The number of amides is 2. The summed E-state index contributed by atoms with van der Waals surface area (Å²) >= 11 is 0. The highest BCUT2D eigenvalue weighted by Crippen LogP contribution is 2.32. The van der Waals surface area contributed by atoms with E-state index < -0.39 is 17.9 Å². The highest BCUT2D eigenvalue weighted by atomic mass is 16.4. The number of nitrogens with zero attached hydrogens (tertiary/aromatic N) is 3. The fourth-order valence-corrected chi connectivity index (χ4v) is 4.53. The lowest BCUT2D eigenvalue weighted by atomic mass is 9.93. The highest BCUT2D eigenvalue weighted by molar-refractivity contribution is 6.00. The number of aliphatic carboxylic acids is 1. The first-order valence-electron chi connectivity index (χ1n) is 9.87. The lowest BCUT2D eigenvalue weighted by Crippen LogP contribution is -2.44. The maximum absolute atomic E-state index is 13.0. The molecular formula is C20H24N4O5. The van der Waals surface area contributed by atoms with Gasteiger partial charge in [-0.15, -0.1) is 0 Å². The third-order valence-electron chi connectivity index (χ3n) is 6.02. The van der Waals surface area contributed by atoms with Gasteiger partial charge < -0.3 is 10.0 Å². The number of imidazole rings is 1. The van der Waals surface area contributed by atoms with Crippen LogP contribution in [-0.4, -0.2) is 45.1 Å². The number of aryl methyl sites for hydroxylation is 1. The van der Waals surface area contributed by atoms with E-state index >= 15 is 0 Å². The predicted octanol–water partition coefficient (Wildman–Crippen LogP) is 1.01. The second kappa shape index (κ2) is 7.38. The average Bonchev–Trinajstić information content (AvgIpc) is 2.93. The Bertz CT molecular complexity index is 1050. The van der Waals surface area contributed by atoms with Crippen molar-refractivity contribution in [1.29, 1.82) is 0 Å². The van der Waals surface area contributed by atoms with Crippen LogP contribution in [0.3, 0.4) is 0 Å². The number of carbonyl (C=O) groups excluding carboxylic acids is 2. The minimum absolute atomic E-state index is 0.167. The van der Waals surface area contributed by atoms with E-state index in [1.165, 1.54) is 4.57 Å². The molecule has 1 aromatic carbocycles. The van der Waals surface area contributed by atoms with Gasteiger partial charge in [0.1, 0.15) is 6.04 Å². The summed E-state index contributed by atoms with van der Waals surface area (Å²) in [5.74, 6) is -1.37. The molecule has 2 fully saturated rings. The van der Waals surface area contributed by atoms with Gasteiger partial charge in [0.05, 0.1) is 16.7 Å². The molecule has 2 saturated heterocycles. The Hall–Kier alpha value is -3.10. The molecular weight excluding hydrogens is 376 g/mol. The number of imide groups is 1. The molecule has 3 heterocycles. The van der Waals surface area contributed by atoms with Crippen molar-refractivity contribution in [2.45, 2.75) is 38.1 Å². The number of nitrogens with one attached hydrogen (secondary N) is 1. The number of piperidine rings is 2. The van der Waals surface area contributed by atoms with Crippen molar-refractivity contribution in [3.05, 3.63) is 28.7 Å². The van der Waals surface area contributed by atoms with Gasteiger partial charge in [-0.3, -0.25) is 28.8 Å². The van der Waals surface area contributed by atoms with Crippen LogP contribution < -0.4 is 15.9 Å². The molecule has 0 radical (unpaired) electrons. The van der Waals surface area contributed by atoms with E-state index in [0.29, 0.717) is 11.9 Å². The van der Waals surface area contributed by atoms with Crippen LogP contribution in [0.15, 0.2) is 23.0 Å². The number of hydrogen-bond donors (Lipinski definition) is 2. The number of carboxylic acids is 1. The Morgan fingerprint density at radius 2 is 1.90 bits per heavy atom. The standard InChI is InChI=1S/C20H24N4O5/c1-22-18-13(23-9-7-12(8-10-23)11-17(26)27)3-2-4-14(18)24(20(22)29)15-5-6-16(25)21-19(15)28/h2-4,12,15H,5-11H2,1H3,(H,26,27)(H,21,25,28). The maximum atomic E-state index is 13.0. The second-order valence-corrected chi connectivity index (χ2v) is 7.85. The first-order valence-corrected chi connectivity index (χ1v) is 9.87. The van der Waals surface area contributed by atoms with Crippen molar-refractivity contribution in [2.24, 2.45) is 13.0 Å². The minimum atomic E-state index is -0.769. The van der Waals surface area contributed by atoms with Gasteiger partial charge in [0.25, 0.3) is 0 Å². The van der Waals surface area contributed by atoms with Gasteiger partial charge in [0, 0.05) is 33.0 Å². The first-order chi connectivity index (χ1) is 13.9. The predicted molar refractivity (Wildman–Crippen MR) is 106 cm³/mol. The van der Waals surface area contributed by atoms with E-state index in [0.717, 1.165) is 37.1 Å². The van der Waals surface area contributed by atoms with Gasteiger partial charge in [0.2, 0.25) is 11.8 Å². The summed E-state index contributed by atoms with van der Waals surface area (Å²) in [4.78, 5) is 50.0. The summed E-state index contributed by atoms with van der Waals surface area (Å²) in [6.45, 7) is 1.43. The van der Waals surface area contributed by atoms with Crippen LogP contribution in [0.2, 0.25) is 0 Å². The third kappa shape index (κ3) is 3.41. The number of aromatic nitrogens is 2. The molecule has 1 aromatic heterocycles. The van der Waals surface area contributed by atoms with E-state index in [-0.39, 0.29) is 30.4 Å². The van der Waals surface area contributed by atoms with Gasteiger partial charge in [0.15, 0.2) is 0 Å². The van der Waals surface area contributed by atoms with Crippen LogP contribution in [0.25, 0.3) is 11.0 Å². The quantitative estimate of drug-likeness (QED) is 0.741. The molecule has 29 heavy (non-hydrogen) atoms. The Balaban J connectivity index is 1.70. The summed E-state index contributed by atoms with van der Waals surface area (Å²) < 4.78 is 3.04. The molecule has 0 saturated carbocycles. The summed E-state index contributed by atoms with van der Waals surface area (Å²) in [7, 11) is 1.69. The summed E-state index contributed by atoms with van der Waals surface area (Å²) in [5, 5.41) is 11.3. The van der Waals surface area contributed by atoms with Crippen LogP contribution in [0.4, 0.5) is 5.69 Å². The molecule has 1 unspecified atom stereocenters. The second-order valence-electron chi connectivity index (χ2n) is 7.85. The van der Waals surface area contributed by atoms with Crippen molar-refractivity contribution in [3.63, 3.8) is 0 Å². The first kappa shape index (κ1) is 19.2. The van der Waals surface area contributed by atoms with Gasteiger partial charge in [-0.05, 0) is 37.3 Å². The van der Waals surface area contributed by atoms with Crippen molar-refractivity contribution in [1.82, 2.24) is 14.5 Å². The lowest BCUT2D eigenvalue weighted by molar-refractivity contribution is -0.138. The average molecular weight is 400 g/mol. The molecule has 1 atom stereocenters. The highest BCUT2D eigenvalue weighted by Gasteiger charge is 2.32. The van der Waals surface area contributed by atoms with Gasteiger partial charge >= 0.3 is 11.7 Å². The molecule has 9 nitrogen and oxygen atoms in total. The molecule has 0 bridgehead atoms. The lowest BCUT2D eigenvalue weighted by Gasteiger charge is -2.33. The topological polar surface area (TPSA) is 114 Å². The Morgan fingerprint density at radius 3 is 2.55 bits per heavy atom. The molecule has 2 N–H and O–H groups in total. The zero-order chi connectivity index (χ0) is 20.7. The fraction of sp³-hybridized carbons (Fsp3) is 0.500. The van der Waals surface area contributed by atoms with Gasteiger partial charge in [-0.1, -0.05) is 6.07 Å². The van der Waals surface area contributed by atoms with E-state index in [2.05, 4.69) is 10.2 Å². The number of carbonyl (C=O) groups is 3. The third-order valence-corrected chi connectivity index (χ3v) is 6.02. The molecule has 2 aliphatic rings. The van der Waals surface area contributed by atoms with Crippen molar-refractivity contribution in [3.8, 4) is 0 Å². The Kier molecular flexibility index (Phi) is 4.89.